The van der Waals surface area contributed by atoms with Crippen LogP contribution in [0.2, 0.25) is 0 Å². The highest BCUT2D eigenvalue weighted by molar-refractivity contribution is 5.84. The summed E-state index contributed by atoms with van der Waals surface area (Å²) in [5.41, 5.74) is 0.991. The van der Waals surface area contributed by atoms with Crippen LogP contribution in [0.5, 0.6) is 0 Å². The molecule has 5 heteroatoms. The van der Waals surface area contributed by atoms with Gasteiger partial charge in [0.15, 0.2) is 0 Å². The predicted molar refractivity (Wildman–Crippen MR) is 72.9 cm³/mol. The van der Waals surface area contributed by atoms with Crippen LogP contribution in [0.15, 0.2) is 30.3 Å². The molecule has 1 aliphatic rings. The highest BCUT2D eigenvalue weighted by Gasteiger charge is 2.33. The average molecular weight is 277 g/mol. The van der Waals surface area contributed by atoms with E-state index in [1.54, 1.807) is 0 Å². The lowest BCUT2D eigenvalue weighted by Gasteiger charge is -2.31. The number of carbonyl (C=O) groups is 2. The number of carbonyl (C=O) groups excluding carboxylic acids is 2. The van der Waals surface area contributed by atoms with E-state index in [-0.39, 0.29) is 24.5 Å². The molecule has 0 aliphatic carbocycles. The number of hydrogen-bond donors (Lipinski definition) is 1. The van der Waals surface area contributed by atoms with Crippen LogP contribution in [0.1, 0.15) is 24.5 Å². The minimum absolute atomic E-state index is 0.104. The van der Waals surface area contributed by atoms with E-state index >= 15 is 0 Å². The van der Waals surface area contributed by atoms with Gasteiger partial charge < -0.3 is 14.8 Å². The van der Waals surface area contributed by atoms with Gasteiger partial charge in [-0.1, -0.05) is 30.3 Å². The fraction of sp³-hybridized carbons (Fsp3) is 0.467. The second-order valence-electron chi connectivity index (χ2n) is 4.74. The van der Waals surface area contributed by atoms with Crippen LogP contribution in [0.25, 0.3) is 0 Å². The molecule has 5 nitrogen and oxygen atoms in total. The first-order valence-corrected chi connectivity index (χ1v) is 6.73. The van der Waals surface area contributed by atoms with Gasteiger partial charge in [0.1, 0.15) is 6.54 Å². The monoisotopic (exact) mass is 277 g/mol. The molecule has 2 rings (SSSR count). The second kappa shape index (κ2) is 7.05. The van der Waals surface area contributed by atoms with E-state index in [4.69, 9.17) is 4.74 Å². The molecule has 1 N–H and O–H groups in total. The van der Waals surface area contributed by atoms with Crippen LogP contribution in [0, 0.1) is 5.92 Å². The van der Waals surface area contributed by atoms with Crippen LogP contribution in [-0.2, 0) is 19.1 Å². The van der Waals surface area contributed by atoms with Crippen molar-refractivity contribution in [3.63, 3.8) is 0 Å². The van der Waals surface area contributed by atoms with Gasteiger partial charge in [-0.2, -0.15) is 0 Å². The number of rotatable bonds is 4. The average Bonchev–Trinajstić information content (AvgIpc) is 2.53. The maximum atomic E-state index is 12.2. The molecule has 2 unspecified atom stereocenters. The van der Waals surface area contributed by atoms with E-state index in [9.17, 15) is 9.59 Å². The lowest BCUT2D eigenvalue weighted by molar-refractivity contribution is -0.143. The summed E-state index contributed by atoms with van der Waals surface area (Å²) in [6, 6.07) is 9.69. The summed E-state index contributed by atoms with van der Waals surface area (Å²) in [7, 11) is 1.30. The third-order valence-corrected chi connectivity index (χ3v) is 3.42. The van der Waals surface area contributed by atoms with E-state index < -0.39 is 5.97 Å². The number of benzene rings is 1. The number of nitrogens with one attached hydrogen (secondary N) is 1. The zero-order valence-electron chi connectivity index (χ0n) is 11.5. The summed E-state index contributed by atoms with van der Waals surface area (Å²) in [5.74, 6) is -0.883. The van der Waals surface area contributed by atoms with Crippen LogP contribution < -0.4 is 5.32 Å². The van der Waals surface area contributed by atoms with E-state index in [1.807, 2.05) is 30.3 Å². The van der Waals surface area contributed by atoms with E-state index in [0.29, 0.717) is 6.61 Å². The normalized spacial score (nSPS) is 22.1. The first-order valence-electron chi connectivity index (χ1n) is 6.73. The smallest absolute Gasteiger partial charge is 0.325 e. The molecule has 1 aromatic rings. The molecule has 1 saturated heterocycles. The standard InChI is InChI=1S/C15H19NO4/c1-19-13(17)10-16-15(18)12-8-5-9-20-14(12)11-6-3-2-4-7-11/h2-4,6-7,12,14H,5,8-10H2,1H3,(H,16,18). The summed E-state index contributed by atoms with van der Waals surface area (Å²) in [6.07, 6.45) is 1.36. The van der Waals surface area contributed by atoms with Crippen LogP contribution in [-0.4, -0.2) is 32.1 Å². The Hall–Kier alpha value is -1.88. The van der Waals surface area contributed by atoms with Crippen molar-refractivity contribution in [3.8, 4) is 0 Å². The van der Waals surface area contributed by atoms with Gasteiger partial charge in [-0.25, -0.2) is 0 Å². The topological polar surface area (TPSA) is 64.6 Å². The molecule has 0 saturated carbocycles. The molecule has 20 heavy (non-hydrogen) atoms. The molecule has 108 valence electrons. The van der Waals surface area contributed by atoms with Crippen molar-refractivity contribution in [1.29, 1.82) is 0 Å². The number of esters is 1. The highest BCUT2D eigenvalue weighted by Crippen LogP contribution is 2.33. The van der Waals surface area contributed by atoms with Gasteiger partial charge in [0.2, 0.25) is 5.91 Å². The molecule has 1 heterocycles. The van der Waals surface area contributed by atoms with Gasteiger partial charge in [-0.05, 0) is 18.4 Å². The Morgan fingerprint density at radius 1 is 1.35 bits per heavy atom. The molecule has 0 radical (unpaired) electrons. The Morgan fingerprint density at radius 3 is 2.80 bits per heavy atom. The SMILES string of the molecule is COC(=O)CNC(=O)C1CCCOC1c1ccccc1. The van der Waals surface area contributed by atoms with Crippen LogP contribution >= 0.6 is 0 Å². The minimum atomic E-state index is -0.452. The Bertz CT molecular complexity index is 460. The Kier molecular flexibility index (Phi) is 5.12. The minimum Gasteiger partial charge on any atom is -0.468 e. The molecule has 0 spiro atoms. The maximum Gasteiger partial charge on any atom is 0.325 e. The lowest BCUT2D eigenvalue weighted by Crippen LogP contribution is -2.40. The molecular formula is C15H19NO4. The Morgan fingerprint density at radius 2 is 2.10 bits per heavy atom. The largest absolute Gasteiger partial charge is 0.468 e. The molecule has 1 aliphatic heterocycles. The molecule has 2 atom stereocenters. The van der Waals surface area contributed by atoms with Crippen LogP contribution in [0.3, 0.4) is 0 Å². The van der Waals surface area contributed by atoms with Gasteiger partial charge in [0.25, 0.3) is 0 Å². The number of amides is 1. The quantitative estimate of drug-likeness (QED) is 0.846. The molecule has 1 aromatic carbocycles. The molecule has 0 bridgehead atoms. The number of ether oxygens (including phenoxy) is 2. The summed E-state index contributed by atoms with van der Waals surface area (Å²) >= 11 is 0. The molecular weight excluding hydrogens is 258 g/mol. The van der Waals surface area contributed by atoms with Crippen molar-refractivity contribution < 1.29 is 19.1 Å². The third-order valence-electron chi connectivity index (χ3n) is 3.42. The van der Waals surface area contributed by atoms with Crippen molar-refractivity contribution in [2.75, 3.05) is 20.3 Å². The summed E-state index contributed by atoms with van der Waals surface area (Å²) in [4.78, 5) is 23.3. The third kappa shape index (κ3) is 3.57. The van der Waals surface area contributed by atoms with E-state index in [2.05, 4.69) is 10.1 Å². The van der Waals surface area contributed by atoms with Crippen molar-refractivity contribution in [2.24, 2.45) is 5.92 Å². The van der Waals surface area contributed by atoms with Gasteiger partial charge in [0.05, 0.1) is 19.1 Å². The zero-order chi connectivity index (χ0) is 14.4. The predicted octanol–water partition coefficient (Wildman–Crippen LogP) is 1.44. The summed E-state index contributed by atoms with van der Waals surface area (Å²) < 4.78 is 10.3. The first-order chi connectivity index (χ1) is 9.72. The van der Waals surface area contributed by atoms with Gasteiger partial charge >= 0.3 is 5.97 Å². The summed E-state index contributed by atoms with van der Waals surface area (Å²) in [6.45, 7) is 0.549. The van der Waals surface area contributed by atoms with Gasteiger partial charge in [-0.15, -0.1) is 0 Å². The maximum absolute atomic E-state index is 12.2. The summed E-state index contributed by atoms with van der Waals surface area (Å²) in [5, 5.41) is 2.61. The second-order valence-corrected chi connectivity index (χ2v) is 4.74. The lowest BCUT2D eigenvalue weighted by atomic mass is 9.89. The highest BCUT2D eigenvalue weighted by atomic mass is 16.5. The number of hydrogen-bond acceptors (Lipinski definition) is 4. The Balaban J connectivity index is 2.03. The van der Waals surface area contributed by atoms with Gasteiger partial charge in [0, 0.05) is 6.61 Å². The Labute approximate surface area is 118 Å². The van der Waals surface area contributed by atoms with E-state index in [1.165, 1.54) is 7.11 Å². The van der Waals surface area contributed by atoms with Crippen molar-refractivity contribution in [3.05, 3.63) is 35.9 Å². The van der Waals surface area contributed by atoms with Crippen molar-refractivity contribution in [1.82, 2.24) is 5.32 Å². The molecule has 0 aromatic heterocycles. The molecule has 1 fully saturated rings. The van der Waals surface area contributed by atoms with E-state index in [0.717, 1.165) is 18.4 Å². The van der Waals surface area contributed by atoms with Gasteiger partial charge in [-0.3, -0.25) is 9.59 Å². The fourth-order valence-corrected chi connectivity index (χ4v) is 2.38. The zero-order valence-corrected chi connectivity index (χ0v) is 11.5. The number of methoxy groups -OCH3 is 1. The molecule has 1 amide bonds. The van der Waals surface area contributed by atoms with Crippen molar-refractivity contribution >= 4 is 11.9 Å². The first kappa shape index (κ1) is 14.5. The van der Waals surface area contributed by atoms with Crippen LogP contribution in [0.4, 0.5) is 0 Å². The van der Waals surface area contributed by atoms with Crippen molar-refractivity contribution in [2.45, 2.75) is 18.9 Å². The fourth-order valence-electron chi connectivity index (χ4n) is 2.38.